The molecule has 3 atom stereocenters. The lowest BCUT2D eigenvalue weighted by molar-refractivity contribution is 0.201. The second-order valence-corrected chi connectivity index (χ2v) is 8.38. The summed E-state index contributed by atoms with van der Waals surface area (Å²) in [5, 5.41) is 0.740. The van der Waals surface area contributed by atoms with Gasteiger partial charge in [-0.1, -0.05) is 47.0 Å². The summed E-state index contributed by atoms with van der Waals surface area (Å²) in [7, 11) is 2.31. The molecule has 1 heterocycles. The largest absolute Gasteiger partial charge is 0.301 e. The van der Waals surface area contributed by atoms with E-state index in [4.69, 9.17) is 0 Å². The average molecular weight is 340 g/mol. The van der Waals surface area contributed by atoms with E-state index in [0.29, 0.717) is 4.83 Å². The van der Waals surface area contributed by atoms with Crippen molar-refractivity contribution in [2.24, 2.45) is 0 Å². The molecule has 0 bridgehead atoms. The molecule has 104 valence electrons. The predicted molar refractivity (Wildman–Crippen MR) is 87.4 cm³/mol. The average Bonchev–Trinajstić information content (AvgIpc) is 2.81. The molecule has 1 aromatic rings. The Labute approximate surface area is 129 Å². The Morgan fingerprint density at radius 2 is 2.05 bits per heavy atom. The number of alkyl halides is 1. The lowest BCUT2D eigenvalue weighted by atomic mass is 9.94. The van der Waals surface area contributed by atoms with Gasteiger partial charge < -0.3 is 4.90 Å². The molecular formula is C16H22BrNS. The van der Waals surface area contributed by atoms with Crippen LogP contribution in [0.1, 0.15) is 31.2 Å². The highest BCUT2D eigenvalue weighted by atomic mass is 79.9. The van der Waals surface area contributed by atoms with Crippen molar-refractivity contribution in [1.29, 1.82) is 0 Å². The van der Waals surface area contributed by atoms with E-state index < -0.39 is 0 Å². The third-order valence-electron chi connectivity index (χ3n) is 4.42. The number of fused-ring (bicyclic) bond motifs is 1. The lowest BCUT2D eigenvalue weighted by Gasteiger charge is -2.36. The molecule has 1 saturated carbocycles. The molecule has 3 heteroatoms. The van der Waals surface area contributed by atoms with Gasteiger partial charge in [-0.2, -0.15) is 0 Å². The van der Waals surface area contributed by atoms with Crippen LogP contribution in [-0.2, 0) is 6.42 Å². The molecule has 19 heavy (non-hydrogen) atoms. The molecule has 2 aliphatic rings. The topological polar surface area (TPSA) is 3.24 Å². The molecule has 0 radical (unpaired) electrons. The molecule has 0 spiro atoms. The van der Waals surface area contributed by atoms with Gasteiger partial charge in [0.1, 0.15) is 0 Å². The normalized spacial score (nSPS) is 30.6. The smallest absolute Gasteiger partial charge is 0.0301 e. The number of nitrogens with zero attached hydrogens (tertiary/aromatic N) is 1. The number of thioether (sulfide) groups is 1. The highest BCUT2D eigenvalue weighted by Crippen LogP contribution is 2.38. The van der Waals surface area contributed by atoms with E-state index >= 15 is 0 Å². The molecular weight excluding hydrogens is 318 g/mol. The first-order valence-corrected chi connectivity index (χ1v) is 9.12. The van der Waals surface area contributed by atoms with Gasteiger partial charge in [0, 0.05) is 27.6 Å². The fourth-order valence-electron chi connectivity index (χ4n) is 3.37. The summed E-state index contributed by atoms with van der Waals surface area (Å²) in [6, 6.07) is 9.62. The highest BCUT2D eigenvalue weighted by Gasteiger charge is 2.29. The fourth-order valence-corrected chi connectivity index (χ4v) is 5.76. The second kappa shape index (κ2) is 6.19. The Bertz CT molecular complexity index is 412. The quantitative estimate of drug-likeness (QED) is 0.753. The van der Waals surface area contributed by atoms with E-state index in [1.807, 2.05) is 0 Å². The molecule has 1 aliphatic heterocycles. The number of hydrogen-bond donors (Lipinski definition) is 0. The van der Waals surface area contributed by atoms with Crippen LogP contribution in [0.25, 0.3) is 0 Å². The van der Waals surface area contributed by atoms with Gasteiger partial charge in [-0.3, -0.25) is 0 Å². The zero-order valence-electron chi connectivity index (χ0n) is 11.5. The number of hydrogen-bond acceptors (Lipinski definition) is 2. The standard InChI is InChI=1S/C16H22BrNS/c1-18(15-8-4-3-7-14(15)17)11-13-10-12-6-2-5-9-16(12)19-13/h2,5-6,9,13-15H,3-4,7-8,10-11H2,1H3. The summed E-state index contributed by atoms with van der Waals surface area (Å²) in [5.41, 5.74) is 1.55. The van der Waals surface area contributed by atoms with E-state index in [2.05, 4.69) is 63.9 Å². The first kappa shape index (κ1) is 14.0. The van der Waals surface area contributed by atoms with Crippen molar-refractivity contribution < 1.29 is 0 Å². The summed E-state index contributed by atoms with van der Waals surface area (Å²) in [6.45, 7) is 1.21. The van der Waals surface area contributed by atoms with Gasteiger partial charge in [-0.25, -0.2) is 0 Å². The van der Waals surface area contributed by atoms with Crippen LogP contribution in [0.15, 0.2) is 29.2 Å². The van der Waals surface area contributed by atoms with Crippen molar-refractivity contribution in [3.8, 4) is 0 Å². The monoisotopic (exact) mass is 339 g/mol. The van der Waals surface area contributed by atoms with Crippen molar-refractivity contribution in [3.05, 3.63) is 29.8 Å². The fraction of sp³-hybridized carbons (Fsp3) is 0.625. The Balaban J connectivity index is 1.58. The minimum Gasteiger partial charge on any atom is -0.301 e. The van der Waals surface area contributed by atoms with E-state index in [9.17, 15) is 0 Å². The maximum Gasteiger partial charge on any atom is 0.0301 e. The van der Waals surface area contributed by atoms with Crippen LogP contribution in [0.5, 0.6) is 0 Å². The third kappa shape index (κ3) is 3.20. The molecule has 0 aromatic heterocycles. The Morgan fingerprint density at radius 3 is 2.84 bits per heavy atom. The molecule has 3 rings (SSSR count). The Kier molecular flexibility index (Phi) is 4.55. The minimum atomic E-state index is 0.694. The lowest BCUT2D eigenvalue weighted by Crippen LogP contribution is -2.43. The zero-order valence-corrected chi connectivity index (χ0v) is 13.9. The van der Waals surface area contributed by atoms with Crippen LogP contribution in [0.4, 0.5) is 0 Å². The number of benzene rings is 1. The van der Waals surface area contributed by atoms with Crippen LogP contribution in [-0.4, -0.2) is 34.6 Å². The summed E-state index contributed by atoms with van der Waals surface area (Å²) in [4.78, 5) is 4.79. The van der Waals surface area contributed by atoms with E-state index in [1.165, 1.54) is 43.5 Å². The Hall–Kier alpha value is 0.01000. The van der Waals surface area contributed by atoms with Gasteiger partial charge >= 0.3 is 0 Å². The van der Waals surface area contributed by atoms with Crippen LogP contribution in [0.2, 0.25) is 0 Å². The van der Waals surface area contributed by atoms with Gasteiger partial charge in [0.15, 0.2) is 0 Å². The van der Waals surface area contributed by atoms with Gasteiger partial charge in [-0.05, 0) is 37.9 Å². The van der Waals surface area contributed by atoms with Crippen molar-refractivity contribution >= 4 is 27.7 Å². The highest BCUT2D eigenvalue weighted by molar-refractivity contribution is 9.09. The second-order valence-electron chi connectivity index (χ2n) is 5.86. The van der Waals surface area contributed by atoms with Gasteiger partial charge in [0.25, 0.3) is 0 Å². The maximum absolute atomic E-state index is 3.88. The molecule has 3 unspecified atom stereocenters. The van der Waals surface area contributed by atoms with Crippen molar-refractivity contribution in [2.45, 2.75) is 53.1 Å². The molecule has 1 nitrogen and oxygen atoms in total. The summed E-state index contributed by atoms with van der Waals surface area (Å²) >= 11 is 5.96. The van der Waals surface area contributed by atoms with Crippen molar-refractivity contribution in [3.63, 3.8) is 0 Å². The van der Waals surface area contributed by atoms with Crippen molar-refractivity contribution in [2.75, 3.05) is 13.6 Å². The van der Waals surface area contributed by atoms with Crippen molar-refractivity contribution in [1.82, 2.24) is 4.90 Å². The summed E-state index contributed by atoms with van der Waals surface area (Å²) < 4.78 is 0. The molecule has 1 fully saturated rings. The summed E-state index contributed by atoms with van der Waals surface area (Å²) in [5.74, 6) is 0. The van der Waals surface area contributed by atoms with Gasteiger partial charge in [-0.15, -0.1) is 11.8 Å². The number of rotatable bonds is 3. The van der Waals surface area contributed by atoms with Crippen LogP contribution < -0.4 is 0 Å². The molecule has 0 amide bonds. The molecule has 0 saturated heterocycles. The van der Waals surface area contributed by atoms with Crippen LogP contribution >= 0.6 is 27.7 Å². The third-order valence-corrected chi connectivity index (χ3v) is 6.79. The number of halogens is 1. The summed E-state index contributed by atoms with van der Waals surface area (Å²) in [6.07, 6.45) is 6.73. The van der Waals surface area contributed by atoms with Crippen LogP contribution in [0.3, 0.4) is 0 Å². The van der Waals surface area contributed by atoms with Gasteiger partial charge in [0.2, 0.25) is 0 Å². The van der Waals surface area contributed by atoms with Crippen LogP contribution in [0, 0.1) is 0 Å². The minimum absolute atomic E-state index is 0.694. The maximum atomic E-state index is 3.88. The first-order valence-electron chi connectivity index (χ1n) is 7.33. The predicted octanol–water partition coefficient (Wildman–Crippen LogP) is 4.34. The molecule has 1 aromatic carbocycles. The van der Waals surface area contributed by atoms with E-state index in [-0.39, 0.29) is 0 Å². The molecule has 0 N–H and O–H groups in total. The SMILES string of the molecule is CN(CC1Cc2ccccc2S1)C1CCCCC1Br. The molecule has 1 aliphatic carbocycles. The van der Waals surface area contributed by atoms with E-state index in [1.54, 1.807) is 5.56 Å². The first-order chi connectivity index (χ1) is 9.24. The van der Waals surface area contributed by atoms with Gasteiger partial charge in [0.05, 0.1) is 0 Å². The Morgan fingerprint density at radius 1 is 1.26 bits per heavy atom. The zero-order chi connectivity index (χ0) is 13.2. The van der Waals surface area contributed by atoms with E-state index in [0.717, 1.165) is 11.3 Å².